The highest BCUT2D eigenvalue weighted by atomic mass is 16.3. The highest BCUT2D eigenvalue weighted by molar-refractivity contribution is 5.58. The van der Waals surface area contributed by atoms with Crippen LogP contribution in [0.1, 0.15) is 31.7 Å². The fourth-order valence-electron chi connectivity index (χ4n) is 1.88. The summed E-state index contributed by atoms with van der Waals surface area (Å²) in [6.45, 7) is 8.92. The van der Waals surface area contributed by atoms with Crippen LogP contribution in [0.15, 0.2) is 0 Å². The van der Waals surface area contributed by atoms with Crippen LogP contribution in [0.3, 0.4) is 0 Å². The van der Waals surface area contributed by atoms with Crippen LogP contribution >= 0.6 is 0 Å². The molecule has 0 aromatic carbocycles. The Morgan fingerprint density at radius 1 is 1.33 bits per heavy atom. The highest BCUT2D eigenvalue weighted by Gasteiger charge is 2.17. The normalized spacial score (nSPS) is 10.8. The van der Waals surface area contributed by atoms with Gasteiger partial charge >= 0.3 is 0 Å². The van der Waals surface area contributed by atoms with Crippen LogP contribution in [0.5, 0.6) is 0 Å². The molecule has 0 saturated carbocycles. The number of nitrogens with two attached hydrogens (primary N) is 1. The van der Waals surface area contributed by atoms with Crippen molar-refractivity contribution in [1.29, 1.82) is 0 Å². The van der Waals surface area contributed by atoms with Crippen molar-refractivity contribution in [2.24, 2.45) is 5.84 Å². The van der Waals surface area contributed by atoms with E-state index in [1.54, 1.807) is 0 Å². The molecular formula is C12H23N5O. The van der Waals surface area contributed by atoms with Gasteiger partial charge < -0.3 is 15.4 Å². The highest BCUT2D eigenvalue weighted by Crippen LogP contribution is 2.24. The van der Waals surface area contributed by atoms with Crippen LogP contribution in [0.25, 0.3) is 0 Å². The maximum Gasteiger partial charge on any atom is 0.148 e. The number of hydrazine groups is 1. The molecule has 0 amide bonds. The lowest BCUT2D eigenvalue weighted by Crippen LogP contribution is -2.34. The molecule has 1 rings (SSSR count). The monoisotopic (exact) mass is 253 g/mol. The van der Waals surface area contributed by atoms with Gasteiger partial charge in [0.2, 0.25) is 0 Å². The van der Waals surface area contributed by atoms with Gasteiger partial charge in [-0.05, 0) is 34.1 Å². The summed E-state index contributed by atoms with van der Waals surface area (Å²) in [7, 11) is 0. The Labute approximate surface area is 108 Å². The van der Waals surface area contributed by atoms with Gasteiger partial charge in [0.25, 0.3) is 0 Å². The van der Waals surface area contributed by atoms with E-state index in [0.29, 0.717) is 24.1 Å². The molecule has 4 N–H and O–H groups in total. The number of aryl methyl sites for hydroxylation is 1. The molecule has 0 atom stereocenters. The van der Waals surface area contributed by atoms with E-state index >= 15 is 0 Å². The SMILES string of the molecule is Cc1nc(NN)c(C)c(N(CCCO)C(C)C)n1. The van der Waals surface area contributed by atoms with Crippen LogP contribution in [-0.2, 0) is 0 Å². The zero-order valence-corrected chi connectivity index (χ0v) is 11.6. The minimum absolute atomic E-state index is 0.175. The lowest BCUT2D eigenvalue weighted by atomic mass is 10.2. The van der Waals surface area contributed by atoms with Gasteiger partial charge in [0, 0.05) is 24.8 Å². The summed E-state index contributed by atoms with van der Waals surface area (Å²) in [6, 6.07) is 0.301. The Hall–Kier alpha value is -1.40. The van der Waals surface area contributed by atoms with Gasteiger partial charge in [-0.2, -0.15) is 0 Å². The Balaban J connectivity index is 3.14. The summed E-state index contributed by atoms with van der Waals surface area (Å²) in [6.07, 6.45) is 0.714. The molecular weight excluding hydrogens is 230 g/mol. The van der Waals surface area contributed by atoms with Crippen molar-refractivity contribution in [3.8, 4) is 0 Å². The molecule has 0 aliphatic carbocycles. The predicted molar refractivity (Wildman–Crippen MR) is 73.5 cm³/mol. The van der Waals surface area contributed by atoms with Crippen molar-refractivity contribution < 1.29 is 5.11 Å². The summed E-state index contributed by atoms with van der Waals surface area (Å²) in [5.74, 6) is 7.66. The average Bonchev–Trinajstić information content (AvgIpc) is 2.32. The van der Waals surface area contributed by atoms with Gasteiger partial charge in [-0.15, -0.1) is 0 Å². The molecule has 0 aliphatic rings. The van der Waals surface area contributed by atoms with Gasteiger partial charge in [-0.1, -0.05) is 0 Å². The third kappa shape index (κ3) is 3.30. The lowest BCUT2D eigenvalue weighted by molar-refractivity contribution is 0.288. The van der Waals surface area contributed by atoms with Crippen molar-refractivity contribution >= 4 is 11.6 Å². The summed E-state index contributed by atoms with van der Waals surface area (Å²) >= 11 is 0. The first-order valence-electron chi connectivity index (χ1n) is 6.20. The van der Waals surface area contributed by atoms with E-state index in [4.69, 9.17) is 10.9 Å². The fourth-order valence-corrected chi connectivity index (χ4v) is 1.88. The van der Waals surface area contributed by atoms with E-state index in [2.05, 4.69) is 34.1 Å². The van der Waals surface area contributed by atoms with Gasteiger partial charge in [0.1, 0.15) is 17.5 Å². The second-order valence-electron chi connectivity index (χ2n) is 4.58. The van der Waals surface area contributed by atoms with Gasteiger partial charge in [-0.25, -0.2) is 15.8 Å². The molecule has 0 saturated heterocycles. The lowest BCUT2D eigenvalue weighted by Gasteiger charge is -2.29. The Morgan fingerprint density at radius 3 is 2.50 bits per heavy atom. The van der Waals surface area contributed by atoms with Crippen molar-refractivity contribution in [1.82, 2.24) is 9.97 Å². The van der Waals surface area contributed by atoms with E-state index in [-0.39, 0.29) is 6.61 Å². The topological polar surface area (TPSA) is 87.3 Å². The molecule has 1 aromatic heterocycles. The molecule has 6 nitrogen and oxygen atoms in total. The van der Waals surface area contributed by atoms with E-state index in [1.807, 2.05) is 13.8 Å². The molecule has 0 fully saturated rings. The average molecular weight is 253 g/mol. The molecule has 0 spiro atoms. The second-order valence-corrected chi connectivity index (χ2v) is 4.58. The number of nitrogen functional groups attached to an aromatic ring is 1. The Kier molecular flexibility index (Phi) is 5.30. The van der Waals surface area contributed by atoms with Crippen molar-refractivity contribution in [3.05, 3.63) is 11.4 Å². The number of nitrogens with one attached hydrogen (secondary N) is 1. The standard InChI is InChI=1S/C12H23N5O/c1-8(2)17(6-5-7-18)12-9(3)11(16-13)14-10(4)15-12/h8,18H,5-7,13H2,1-4H3,(H,14,15,16). The minimum Gasteiger partial charge on any atom is -0.396 e. The summed E-state index contributed by atoms with van der Waals surface area (Å²) < 4.78 is 0. The third-order valence-electron chi connectivity index (χ3n) is 2.82. The predicted octanol–water partition coefficient (Wildman–Crippen LogP) is 0.976. The number of nitrogens with zero attached hydrogens (tertiary/aromatic N) is 3. The van der Waals surface area contributed by atoms with Gasteiger partial charge in [0.05, 0.1) is 0 Å². The van der Waals surface area contributed by atoms with Crippen molar-refractivity contribution in [2.45, 2.75) is 40.2 Å². The first kappa shape index (κ1) is 14.7. The molecule has 102 valence electrons. The van der Waals surface area contributed by atoms with Crippen molar-refractivity contribution in [2.75, 3.05) is 23.5 Å². The maximum absolute atomic E-state index is 8.98. The Morgan fingerprint density at radius 2 is 2.00 bits per heavy atom. The zero-order chi connectivity index (χ0) is 13.7. The van der Waals surface area contributed by atoms with Crippen LogP contribution in [-0.4, -0.2) is 34.3 Å². The minimum atomic E-state index is 0.175. The number of aliphatic hydroxyl groups is 1. The maximum atomic E-state index is 8.98. The van der Waals surface area contributed by atoms with Gasteiger partial charge in [-0.3, -0.25) is 0 Å². The number of aromatic nitrogens is 2. The number of aliphatic hydroxyl groups excluding tert-OH is 1. The molecule has 6 heteroatoms. The first-order valence-corrected chi connectivity index (χ1v) is 6.20. The fraction of sp³-hybridized carbons (Fsp3) is 0.667. The molecule has 0 bridgehead atoms. The smallest absolute Gasteiger partial charge is 0.148 e. The molecule has 1 heterocycles. The molecule has 0 unspecified atom stereocenters. The van der Waals surface area contributed by atoms with Crippen LogP contribution in [0.4, 0.5) is 11.6 Å². The van der Waals surface area contributed by atoms with Crippen LogP contribution < -0.4 is 16.2 Å². The van der Waals surface area contributed by atoms with Crippen LogP contribution in [0.2, 0.25) is 0 Å². The molecule has 0 aliphatic heterocycles. The van der Waals surface area contributed by atoms with E-state index < -0.39 is 0 Å². The molecule has 1 aromatic rings. The van der Waals surface area contributed by atoms with E-state index in [0.717, 1.165) is 17.9 Å². The first-order chi connectivity index (χ1) is 8.51. The number of anilines is 2. The van der Waals surface area contributed by atoms with Gasteiger partial charge in [0.15, 0.2) is 0 Å². The Bertz CT molecular complexity index is 394. The van der Waals surface area contributed by atoms with Crippen LogP contribution in [0, 0.1) is 13.8 Å². The quantitative estimate of drug-likeness (QED) is 0.517. The largest absolute Gasteiger partial charge is 0.396 e. The number of hydrogen-bond donors (Lipinski definition) is 3. The van der Waals surface area contributed by atoms with E-state index in [1.165, 1.54) is 0 Å². The summed E-state index contributed by atoms with van der Waals surface area (Å²) in [5.41, 5.74) is 3.52. The summed E-state index contributed by atoms with van der Waals surface area (Å²) in [4.78, 5) is 10.9. The van der Waals surface area contributed by atoms with Crippen molar-refractivity contribution in [3.63, 3.8) is 0 Å². The zero-order valence-electron chi connectivity index (χ0n) is 11.6. The number of hydrogen-bond acceptors (Lipinski definition) is 6. The molecule has 0 radical (unpaired) electrons. The summed E-state index contributed by atoms with van der Waals surface area (Å²) in [5, 5.41) is 8.98. The number of rotatable bonds is 6. The van der Waals surface area contributed by atoms with E-state index in [9.17, 15) is 0 Å². The third-order valence-corrected chi connectivity index (χ3v) is 2.82. The second kappa shape index (κ2) is 6.51. The molecule has 18 heavy (non-hydrogen) atoms.